The van der Waals surface area contributed by atoms with Crippen molar-refractivity contribution < 1.29 is 5.11 Å². The molecule has 0 amide bonds. The van der Waals surface area contributed by atoms with Crippen LogP contribution in [0.4, 0.5) is 0 Å². The normalized spacial score (nSPS) is 13.1. The van der Waals surface area contributed by atoms with Crippen LogP contribution in [0.3, 0.4) is 0 Å². The minimum Gasteiger partial charge on any atom is -0.387 e. The van der Waals surface area contributed by atoms with Gasteiger partial charge in [0.25, 0.3) is 0 Å². The van der Waals surface area contributed by atoms with Crippen molar-refractivity contribution in [3.8, 4) is 0 Å². The number of hydrogen-bond acceptors (Lipinski definition) is 3. The minimum absolute atomic E-state index is 0.531. The average molecular weight is 166 g/mol. The molecule has 0 spiro atoms. The zero-order chi connectivity index (χ0) is 9.30. The first-order valence-electron chi connectivity index (χ1n) is 4.02. The van der Waals surface area contributed by atoms with Gasteiger partial charge >= 0.3 is 0 Å². The molecule has 66 valence electrons. The first kappa shape index (κ1) is 9.13. The molecule has 3 nitrogen and oxygen atoms in total. The molecule has 0 fully saturated rings. The number of aliphatic hydroxyl groups is 1. The van der Waals surface area contributed by atoms with Gasteiger partial charge in [-0.1, -0.05) is 0 Å². The maximum Gasteiger partial charge on any atom is 0.0950 e. The molecule has 1 rings (SSSR count). The standard InChI is InChI=1S/C9H14N2O/c1-5-6(2)11-9(8(4)12)7(3)10-5/h8,12H,1-4H3. The molecule has 3 heteroatoms. The highest BCUT2D eigenvalue weighted by Gasteiger charge is 2.09. The molecule has 0 aromatic carbocycles. The van der Waals surface area contributed by atoms with E-state index in [9.17, 15) is 5.11 Å². The molecule has 1 N–H and O–H groups in total. The molecule has 12 heavy (non-hydrogen) atoms. The fourth-order valence-corrected chi connectivity index (χ4v) is 1.13. The van der Waals surface area contributed by atoms with E-state index < -0.39 is 6.10 Å². The van der Waals surface area contributed by atoms with Crippen LogP contribution in [0.5, 0.6) is 0 Å². The molecule has 0 aliphatic heterocycles. The van der Waals surface area contributed by atoms with Gasteiger partial charge in [-0.2, -0.15) is 0 Å². The first-order chi connectivity index (χ1) is 5.52. The summed E-state index contributed by atoms with van der Waals surface area (Å²) in [4.78, 5) is 8.53. The molecule has 0 saturated heterocycles. The maximum atomic E-state index is 9.32. The van der Waals surface area contributed by atoms with Crippen molar-refractivity contribution in [2.24, 2.45) is 0 Å². The summed E-state index contributed by atoms with van der Waals surface area (Å²) < 4.78 is 0. The molecule has 0 bridgehead atoms. The SMILES string of the molecule is Cc1nc(C)c(C(C)O)nc1C. The van der Waals surface area contributed by atoms with E-state index in [0.717, 1.165) is 17.1 Å². The monoisotopic (exact) mass is 166 g/mol. The highest BCUT2D eigenvalue weighted by atomic mass is 16.3. The van der Waals surface area contributed by atoms with Crippen molar-refractivity contribution in [3.05, 3.63) is 22.8 Å². The molecule has 1 aromatic rings. The van der Waals surface area contributed by atoms with Crippen LogP contribution in [-0.2, 0) is 0 Å². The van der Waals surface area contributed by atoms with Gasteiger partial charge in [-0.3, -0.25) is 9.97 Å². The minimum atomic E-state index is -0.531. The second-order valence-corrected chi connectivity index (χ2v) is 3.04. The summed E-state index contributed by atoms with van der Waals surface area (Å²) in [7, 11) is 0. The highest BCUT2D eigenvalue weighted by Crippen LogP contribution is 2.14. The Labute approximate surface area is 72.5 Å². The van der Waals surface area contributed by atoms with E-state index in [-0.39, 0.29) is 0 Å². The molecule has 0 aliphatic carbocycles. The number of rotatable bonds is 1. The third-order valence-corrected chi connectivity index (χ3v) is 1.91. The summed E-state index contributed by atoms with van der Waals surface area (Å²) in [6.45, 7) is 7.38. The zero-order valence-electron chi connectivity index (χ0n) is 7.92. The molecule has 1 aromatic heterocycles. The molecule has 1 atom stereocenters. The zero-order valence-corrected chi connectivity index (χ0v) is 7.92. The fraction of sp³-hybridized carbons (Fsp3) is 0.556. The van der Waals surface area contributed by atoms with E-state index in [0.29, 0.717) is 5.69 Å². The van der Waals surface area contributed by atoms with Crippen LogP contribution in [0.2, 0.25) is 0 Å². The van der Waals surface area contributed by atoms with Gasteiger partial charge in [0.15, 0.2) is 0 Å². The van der Waals surface area contributed by atoms with Crippen LogP contribution in [0.15, 0.2) is 0 Å². The Morgan fingerprint density at radius 1 is 1.00 bits per heavy atom. The number of aromatic nitrogens is 2. The number of nitrogens with zero attached hydrogens (tertiary/aromatic N) is 2. The van der Waals surface area contributed by atoms with Gasteiger partial charge in [0.1, 0.15) is 0 Å². The Balaban J connectivity index is 3.23. The molecule has 0 saturated carbocycles. The molecule has 1 unspecified atom stereocenters. The Hall–Kier alpha value is -0.960. The van der Waals surface area contributed by atoms with Crippen LogP contribution in [-0.4, -0.2) is 15.1 Å². The Kier molecular flexibility index (Phi) is 2.43. The van der Waals surface area contributed by atoms with E-state index >= 15 is 0 Å². The quantitative estimate of drug-likeness (QED) is 0.687. The van der Waals surface area contributed by atoms with Crippen LogP contribution in [0.1, 0.15) is 35.8 Å². The van der Waals surface area contributed by atoms with Gasteiger partial charge < -0.3 is 5.11 Å². The van der Waals surface area contributed by atoms with Crippen molar-refractivity contribution in [1.29, 1.82) is 0 Å². The summed E-state index contributed by atoms with van der Waals surface area (Å²) in [5.41, 5.74) is 3.31. The number of hydrogen-bond donors (Lipinski definition) is 1. The molecular formula is C9H14N2O. The Bertz CT molecular complexity index is 295. The van der Waals surface area contributed by atoms with Crippen LogP contribution in [0.25, 0.3) is 0 Å². The van der Waals surface area contributed by atoms with E-state index in [2.05, 4.69) is 9.97 Å². The van der Waals surface area contributed by atoms with E-state index in [4.69, 9.17) is 0 Å². The van der Waals surface area contributed by atoms with E-state index in [1.807, 2.05) is 20.8 Å². The lowest BCUT2D eigenvalue weighted by atomic mass is 10.2. The summed E-state index contributed by atoms with van der Waals surface area (Å²) in [6.07, 6.45) is -0.531. The lowest BCUT2D eigenvalue weighted by molar-refractivity contribution is 0.192. The van der Waals surface area contributed by atoms with E-state index in [1.54, 1.807) is 6.92 Å². The predicted octanol–water partition coefficient (Wildman–Crippen LogP) is 1.46. The molecule has 1 heterocycles. The summed E-state index contributed by atoms with van der Waals surface area (Å²) in [5.74, 6) is 0. The maximum absolute atomic E-state index is 9.32. The summed E-state index contributed by atoms with van der Waals surface area (Å²) >= 11 is 0. The molecular weight excluding hydrogens is 152 g/mol. The fourth-order valence-electron chi connectivity index (χ4n) is 1.13. The van der Waals surface area contributed by atoms with Crippen molar-refractivity contribution in [1.82, 2.24) is 9.97 Å². The van der Waals surface area contributed by atoms with E-state index in [1.165, 1.54) is 0 Å². The average Bonchev–Trinajstić information content (AvgIpc) is 1.96. The van der Waals surface area contributed by atoms with Crippen LogP contribution >= 0.6 is 0 Å². The summed E-state index contributed by atoms with van der Waals surface area (Å²) in [6, 6.07) is 0. The second kappa shape index (κ2) is 3.19. The van der Waals surface area contributed by atoms with Crippen LogP contribution in [0, 0.1) is 20.8 Å². The van der Waals surface area contributed by atoms with Crippen LogP contribution < -0.4 is 0 Å². The number of aryl methyl sites for hydroxylation is 3. The van der Waals surface area contributed by atoms with Gasteiger partial charge in [-0.05, 0) is 27.7 Å². The topological polar surface area (TPSA) is 46.0 Å². The van der Waals surface area contributed by atoms with Gasteiger partial charge in [0.05, 0.1) is 28.9 Å². The van der Waals surface area contributed by atoms with Crippen molar-refractivity contribution in [2.45, 2.75) is 33.8 Å². The second-order valence-electron chi connectivity index (χ2n) is 3.04. The number of aliphatic hydroxyl groups excluding tert-OH is 1. The third kappa shape index (κ3) is 1.61. The van der Waals surface area contributed by atoms with Gasteiger partial charge in [0.2, 0.25) is 0 Å². The van der Waals surface area contributed by atoms with Gasteiger partial charge in [-0.25, -0.2) is 0 Å². The van der Waals surface area contributed by atoms with Crippen molar-refractivity contribution in [2.75, 3.05) is 0 Å². The largest absolute Gasteiger partial charge is 0.387 e. The lowest BCUT2D eigenvalue weighted by Gasteiger charge is -2.09. The van der Waals surface area contributed by atoms with Crippen molar-refractivity contribution >= 4 is 0 Å². The predicted molar refractivity (Wildman–Crippen MR) is 46.9 cm³/mol. The van der Waals surface area contributed by atoms with Crippen molar-refractivity contribution in [3.63, 3.8) is 0 Å². The molecule has 0 aliphatic rings. The Morgan fingerprint density at radius 2 is 1.50 bits per heavy atom. The lowest BCUT2D eigenvalue weighted by Crippen LogP contribution is -2.05. The third-order valence-electron chi connectivity index (χ3n) is 1.91. The highest BCUT2D eigenvalue weighted by molar-refractivity contribution is 5.18. The molecule has 0 radical (unpaired) electrons. The summed E-state index contributed by atoms with van der Waals surface area (Å²) in [5, 5.41) is 9.32. The Morgan fingerprint density at radius 3 is 2.00 bits per heavy atom. The van der Waals surface area contributed by atoms with Gasteiger partial charge in [0, 0.05) is 0 Å². The smallest absolute Gasteiger partial charge is 0.0950 e. The van der Waals surface area contributed by atoms with Gasteiger partial charge in [-0.15, -0.1) is 0 Å². The first-order valence-corrected chi connectivity index (χ1v) is 4.02.